The fourth-order valence-electron chi connectivity index (χ4n) is 3.13. The number of hydrogen-bond acceptors (Lipinski definition) is 3. The van der Waals surface area contributed by atoms with Crippen LogP contribution in [0, 0.1) is 5.41 Å². The molecule has 2 N–H and O–H groups in total. The van der Waals surface area contributed by atoms with Crippen LogP contribution < -0.4 is 10.1 Å². The Morgan fingerprint density at radius 2 is 2.05 bits per heavy atom. The van der Waals surface area contributed by atoms with Crippen molar-refractivity contribution in [3.8, 4) is 5.75 Å². The van der Waals surface area contributed by atoms with Gasteiger partial charge in [-0.3, -0.25) is 0 Å². The first-order chi connectivity index (χ1) is 10.1. The van der Waals surface area contributed by atoms with Crippen molar-refractivity contribution in [3.63, 3.8) is 0 Å². The zero-order valence-electron chi connectivity index (χ0n) is 13.0. The normalized spacial score (nSPS) is 19.2. The van der Waals surface area contributed by atoms with Gasteiger partial charge in [0.2, 0.25) is 0 Å². The Hall–Kier alpha value is -0.580. The van der Waals surface area contributed by atoms with E-state index < -0.39 is 0 Å². The number of aliphatic hydroxyl groups is 1. The van der Waals surface area contributed by atoms with Crippen molar-refractivity contribution in [3.05, 3.63) is 28.2 Å². The lowest BCUT2D eigenvalue weighted by Gasteiger charge is -2.36. The third kappa shape index (κ3) is 4.21. The maximum absolute atomic E-state index is 9.77. The van der Waals surface area contributed by atoms with Gasteiger partial charge >= 0.3 is 0 Å². The van der Waals surface area contributed by atoms with Crippen molar-refractivity contribution in [2.24, 2.45) is 5.41 Å². The molecule has 21 heavy (non-hydrogen) atoms. The Morgan fingerprint density at radius 1 is 1.33 bits per heavy atom. The molecule has 0 spiro atoms. The van der Waals surface area contributed by atoms with Gasteiger partial charge in [-0.25, -0.2) is 0 Å². The number of hydrogen-bond donors (Lipinski definition) is 2. The van der Waals surface area contributed by atoms with Crippen LogP contribution in [0.3, 0.4) is 0 Å². The molecular weight excluding hydrogens is 330 g/mol. The second kappa shape index (κ2) is 7.61. The minimum atomic E-state index is 0.0796. The molecule has 2 rings (SSSR count). The minimum absolute atomic E-state index is 0.0796. The summed E-state index contributed by atoms with van der Waals surface area (Å²) in [6.45, 7) is 3.34. The summed E-state index contributed by atoms with van der Waals surface area (Å²) in [7, 11) is 1.68. The minimum Gasteiger partial charge on any atom is -0.496 e. The van der Waals surface area contributed by atoms with Gasteiger partial charge in [0.15, 0.2) is 0 Å². The van der Waals surface area contributed by atoms with Gasteiger partial charge < -0.3 is 15.2 Å². The van der Waals surface area contributed by atoms with Gasteiger partial charge in [-0.1, -0.05) is 25.3 Å². The Balaban J connectivity index is 1.97. The van der Waals surface area contributed by atoms with E-state index in [0.29, 0.717) is 6.61 Å². The molecule has 3 nitrogen and oxygen atoms in total. The number of ether oxygens (including phenoxy) is 1. The van der Waals surface area contributed by atoms with Crippen LogP contribution in [0.15, 0.2) is 22.7 Å². The van der Waals surface area contributed by atoms with Gasteiger partial charge in [-0.2, -0.15) is 0 Å². The molecule has 1 atom stereocenters. The monoisotopic (exact) mass is 355 g/mol. The molecule has 0 heterocycles. The highest BCUT2D eigenvalue weighted by molar-refractivity contribution is 9.10. The lowest BCUT2D eigenvalue weighted by atomic mass is 9.74. The fourth-order valence-corrected chi connectivity index (χ4v) is 3.69. The van der Waals surface area contributed by atoms with Gasteiger partial charge in [0, 0.05) is 24.6 Å². The largest absolute Gasteiger partial charge is 0.496 e. The zero-order valence-corrected chi connectivity index (χ0v) is 14.6. The van der Waals surface area contributed by atoms with Crippen LogP contribution in [0.1, 0.15) is 50.6 Å². The molecule has 0 bridgehead atoms. The predicted molar refractivity (Wildman–Crippen MR) is 89.7 cm³/mol. The molecule has 0 amide bonds. The van der Waals surface area contributed by atoms with Gasteiger partial charge in [0.1, 0.15) is 5.75 Å². The standard InChI is InChI=1S/C17H26BrNO2/c1-13(14-6-7-16(21-2)15(18)10-14)19-11-17(12-20)8-4-3-5-9-17/h6-7,10,13,19-20H,3-5,8-9,11-12H2,1-2H3. The van der Waals surface area contributed by atoms with Crippen LogP contribution >= 0.6 is 15.9 Å². The summed E-state index contributed by atoms with van der Waals surface area (Å²) in [5.74, 6) is 0.852. The Labute approximate surface area is 136 Å². The molecule has 1 unspecified atom stereocenters. The van der Waals surface area contributed by atoms with Crippen LogP contribution in [-0.4, -0.2) is 25.4 Å². The Morgan fingerprint density at radius 3 is 2.62 bits per heavy atom. The van der Waals surface area contributed by atoms with Crippen molar-refractivity contribution in [1.82, 2.24) is 5.32 Å². The molecule has 1 aromatic carbocycles. The summed E-state index contributed by atoms with van der Waals surface area (Å²) >= 11 is 3.53. The van der Waals surface area contributed by atoms with E-state index in [2.05, 4.69) is 40.3 Å². The van der Waals surface area contributed by atoms with Crippen molar-refractivity contribution in [2.45, 2.75) is 45.1 Å². The third-order valence-corrected chi connectivity index (χ3v) is 5.33. The van der Waals surface area contributed by atoms with Gasteiger partial charge in [0.25, 0.3) is 0 Å². The molecule has 4 heteroatoms. The van der Waals surface area contributed by atoms with E-state index in [0.717, 1.165) is 29.6 Å². The van der Waals surface area contributed by atoms with Crippen LogP contribution in [-0.2, 0) is 0 Å². The third-order valence-electron chi connectivity index (χ3n) is 4.71. The number of rotatable bonds is 6. The average Bonchev–Trinajstić information content (AvgIpc) is 2.53. The van der Waals surface area contributed by atoms with E-state index in [1.807, 2.05) is 6.07 Å². The molecule has 1 fully saturated rings. The maximum atomic E-state index is 9.77. The highest BCUT2D eigenvalue weighted by Crippen LogP contribution is 2.36. The molecule has 0 aliphatic heterocycles. The summed E-state index contributed by atoms with van der Waals surface area (Å²) in [5, 5.41) is 13.4. The molecule has 0 radical (unpaired) electrons. The maximum Gasteiger partial charge on any atom is 0.133 e. The van der Waals surface area contributed by atoms with E-state index in [9.17, 15) is 5.11 Å². The van der Waals surface area contributed by atoms with Crippen LogP contribution in [0.4, 0.5) is 0 Å². The highest BCUT2D eigenvalue weighted by atomic mass is 79.9. The molecule has 0 aromatic heterocycles. The second-order valence-electron chi connectivity index (χ2n) is 6.22. The lowest BCUT2D eigenvalue weighted by Crippen LogP contribution is -2.39. The summed E-state index contributed by atoms with van der Waals surface area (Å²) < 4.78 is 6.25. The molecule has 1 saturated carbocycles. The van der Waals surface area contributed by atoms with E-state index in [1.54, 1.807) is 7.11 Å². The smallest absolute Gasteiger partial charge is 0.133 e. The van der Waals surface area contributed by atoms with Gasteiger partial charge in [-0.05, 0) is 53.4 Å². The average molecular weight is 356 g/mol. The summed E-state index contributed by atoms with van der Waals surface area (Å²) in [6.07, 6.45) is 6.06. The van der Waals surface area contributed by atoms with E-state index in [-0.39, 0.29) is 11.5 Å². The molecule has 118 valence electrons. The number of benzene rings is 1. The molecule has 1 aliphatic carbocycles. The molecule has 1 aromatic rings. The van der Waals surface area contributed by atoms with E-state index in [1.165, 1.54) is 24.8 Å². The zero-order chi connectivity index (χ0) is 15.3. The SMILES string of the molecule is COc1ccc(C(C)NCC2(CO)CCCCC2)cc1Br. The molecule has 1 aliphatic rings. The lowest BCUT2D eigenvalue weighted by molar-refractivity contribution is 0.0789. The summed E-state index contributed by atoms with van der Waals surface area (Å²) in [5.41, 5.74) is 1.31. The summed E-state index contributed by atoms with van der Waals surface area (Å²) in [4.78, 5) is 0. The van der Waals surface area contributed by atoms with Gasteiger partial charge in [-0.15, -0.1) is 0 Å². The Kier molecular flexibility index (Phi) is 6.08. The number of nitrogens with one attached hydrogen (secondary N) is 1. The summed E-state index contributed by atoms with van der Waals surface area (Å²) in [6, 6.07) is 6.44. The number of halogens is 1. The van der Waals surface area contributed by atoms with Gasteiger partial charge in [0.05, 0.1) is 11.6 Å². The van der Waals surface area contributed by atoms with Crippen LogP contribution in [0.25, 0.3) is 0 Å². The number of aliphatic hydroxyl groups excluding tert-OH is 1. The quantitative estimate of drug-likeness (QED) is 0.808. The van der Waals surface area contributed by atoms with E-state index >= 15 is 0 Å². The molecule has 0 saturated heterocycles. The van der Waals surface area contributed by atoms with Crippen molar-refractivity contribution in [1.29, 1.82) is 0 Å². The van der Waals surface area contributed by atoms with Crippen molar-refractivity contribution in [2.75, 3.05) is 20.3 Å². The predicted octanol–water partition coefficient (Wildman–Crippen LogP) is 4.05. The first-order valence-electron chi connectivity index (χ1n) is 7.78. The molecular formula is C17H26BrNO2. The first kappa shape index (κ1) is 16.8. The fraction of sp³-hybridized carbons (Fsp3) is 0.647. The van der Waals surface area contributed by atoms with Crippen molar-refractivity contribution >= 4 is 15.9 Å². The highest BCUT2D eigenvalue weighted by Gasteiger charge is 2.31. The van der Waals surface area contributed by atoms with E-state index in [4.69, 9.17) is 4.74 Å². The second-order valence-corrected chi connectivity index (χ2v) is 7.07. The Bertz CT molecular complexity index is 458. The van der Waals surface area contributed by atoms with Crippen LogP contribution in [0.5, 0.6) is 5.75 Å². The van der Waals surface area contributed by atoms with Crippen LogP contribution in [0.2, 0.25) is 0 Å². The van der Waals surface area contributed by atoms with Crippen molar-refractivity contribution < 1.29 is 9.84 Å². The topological polar surface area (TPSA) is 41.5 Å². The first-order valence-corrected chi connectivity index (χ1v) is 8.57. The number of methoxy groups -OCH3 is 1.